The first kappa shape index (κ1) is 21.8. The Balaban J connectivity index is 1.22. The van der Waals surface area contributed by atoms with Gasteiger partial charge in [-0.1, -0.05) is 18.2 Å². The molecule has 2 amide bonds. The maximum atomic E-state index is 13.2. The lowest BCUT2D eigenvalue weighted by atomic mass is 9.97. The Hall–Kier alpha value is -4.07. The molecule has 0 aromatic heterocycles. The van der Waals surface area contributed by atoms with Crippen LogP contribution in [0.4, 0.5) is 10.1 Å². The van der Waals surface area contributed by atoms with Crippen LogP contribution in [0.2, 0.25) is 0 Å². The van der Waals surface area contributed by atoms with Crippen LogP contribution >= 0.6 is 0 Å². The molecule has 174 valence electrons. The third kappa shape index (κ3) is 4.66. The van der Waals surface area contributed by atoms with Crippen LogP contribution in [0.1, 0.15) is 21.5 Å². The van der Waals surface area contributed by atoms with Crippen LogP contribution in [-0.2, 0) is 17.8 Å². The van der Waals surface area contributed by atoms with E-state index in [4.69, 9.17) is 14.2 Å². The number of carbonyl (C=O) groups excluding carboxylic acids is 2. The summed E-state index contributed by atoms with van der Waals surface area (Å²) in [7, 11) is 0. The molecule has 0 spiro atoms. The molecule has 0 radical (unpaired) electrons. The summed E-state index contributed by atoms with van der Waals surface area (Å²) in [6, 6.07) is 16.6. The summed E-state index contributed by atoms with van der Waals surface area (Å²) >= 11 is 0. The Morgan fingerprint density at radius 1 is 1.03 bits per heavy atom. The lowest BCUT2D eigenvalue weighted by Crippen LogP contribution is -2.37. The Morgan fingerprint density at radius 2 is 1.82 bits per heavy atom. The number of benzene rings is 3. The minimum Gasteiger partial charge on any atom is -0.486 e. The molecule has 8 heteroatoms. The van der Waals surface area contributed by atoms with Crippen LogP contribution in [0, 0.1) is 5.82 Å². The first-order chi connectivity index (χ1) is 16.6. The molecule has 3 aromatic carbocycles. The summed E-state index contributed by atoms with van der Waals surface area (Å²) in [6.45, 7) is 1.68. The predicted octanol–water partition coefficient (Wildman–Crippen LogP) is 3.81. The molecule has 1 N–H and O–H groups in total. The van der Waals surface area contributed by atoms with Gasteiger partial charge < -0.3 is 24.4 Å². The van der Waals surface area contributed by atoms with Crippen LogP contribution in [-0.4, -0.2) is 43.1 Å². The van der Waals surface area contributed by atoms with Crippen molar-refractivity contribution in [1.29, 1.82) is 0 Å². The monoisotopic (exact) mass is 462 g/mol. The number of nitrogens with one attached hydrogen (secondary N) is 1. The summed E-state index contributed by atoms with van der Waals surface area (Å²) < 4.78 is 30.0. The second-order valence-corrected chi connectivity index (χ2v) is 8.08. The first-order valence-corrected chi connectivity index (χ1v) is 11.0. The third-order valence-corrected chi connectivity index (χ3v) is 5.75. The molecule has 2 aliphatic rings. The summed E-state index contributed by atoms with van der Waals surface area (Å²) in [6.07, 6.45) is 0.599. The van der Waals surface area contributed by atoms with E-state index < -0.39 is 0 Å². The molecule has 3 aromatic rings. The Labute approximate surface area is 196 Å². The Morgan fingerprint density at radius 3 is 2.65 bits per heavy atom. The molecule has 2 heterocycles. The van der Waals surface area contributed by atoms with E-state index in [2.05, 4.69) is 5.32 Å². The molecular formula is C26H23FN2O5. The van der Waals surface area contributed by atoms with Crippen molar-refractivity contribution < 1.29 is 28.2 Å². The van der Waals surface area contributed by atoms with Gasteiger partial charge in [0.05, 0.1) is 0 Å². The van der Waals surface area contributed by atoms with Gasteiger partial charge in [0.25, 0.3) is 11.8 Å². The predicted molar refractivity (Wildman–Crippen MR) is 123 cm³/mol. The molecule has 0 atom stereocenters. The number of hydrogen-bond acceptors (Lipinski definition) is 5. The Bertz CT molecular complexity index is 1230. The van der Waals surface area contributed by atoms with Crippen LogP contribution in [0.15, 0.2) is 60.7 Å². The van der Waals surface area contributed by atoms with Gasteiger partial charge in [0.1, 0.15) is 24.8 Å². The molecule has 34 heavy (non-hydrogen) atoms. The fourth-order valence-electron chi connectivity index (χ4n) is 4.10. The van der Waals surface area contributed by atoms with E-state index in [1.54, 1.807) is 53.4 Å². The minimum absolute atomic E-state index is 0.114. The molecule has 0 fully saturated rings. The van der Waals surface area contributed by atoms with Gasteiger partial charge in [0, 0.05) is 36.0 Å². The zero-order chi connectivity index (χ0) is 23.5. The van der Waals surface area contributed by atoms with Crippen LogP contribution < -0.4 is 19.5 Å². The lowest BCUT2D eigenvalue weighted by Gasteiger charge is -2.29. The summed E-state index contributed by atoms with van der Waals surface area (Å²) in [5.74, 6) is 1.01. The number of ether oxygens (including phenoxy) is 3. The van der Waals surface area contributed by atoms with Crippen molar-refractivity contribution >= 4 is 17.5 Å². The molecule has 0 unspecified atom stereocenters. The number of amides is 2. The lowest BCUT2D eigenvalue weighted by molar-refractivity contribution is -0.118. The van der Waals surface area contributed by atoms with Crippen molar-refractivity contribution in [3.8, 4) is 17.2 Å². The summed E-state index contributed by atoms with van der Waals surface area (Å²) in [5.41, 5.74) is 2.79. The highest BCUT2D eigenvalue weighted by atomic mass is 19.1. The average molecular weight is 462 g/mol. The number of rotatable bonds is 6. The van der Waals surface area contributed by atoms with Gasteiger partial charge in [-0.3, -0.25) is 9.59 Å². The highest BCUT2D eigenvalue weighted by Gasteiger charge is 2.27. The van der Waals surface area contributed by atoms with E-state index in [1.807, 2.05) is 0 Å². The van der Waals surface area contributed by atoms with E-state index >= 15 is 0 Å². The zero-order valence-electron chi connectivity index (χ0n) is 18.4. The quantitative estimate of drug-likeness (QED) is 0.603. The topological polar surface area (TPSA) is 77.1 Å². The van der Waals surface area contributed by atoms with Crippen LogP contribution in [0.5, 0.6) is 17.2 Å². The van der Waals surface area contributed by atoms with E-state index in [0.29, 0.717) is 61.2 Å². The molecule has 5 rings (SSSR count). The van der Waals surface area contributed by atoms with E-state index in [1.165, 1.54) is 12.1 Å². The SMILES string of the molecule is O=C(COc1cccc2c1CCN(Cc1ccc(F)cc1)C2=O)Nc1ccc2c(c1)OCCO2. The standard InChI is InChI=1S/C26H23FN2O5/c27-18-6-4-17(5-7-18)15-29-11-10-20-21(26(29)31)2-1-3-22(20)34-16-25(30)28-19-8-9-23-24(14-19)33-13-12-32-23/h1-9,14H,10-13,15-16H2,(H,28,30). The average Bonchev–Trinajstić information content (AvgIpc) is 2.86. The fourth-order valence-corrected chi connectivity index (χ4v) is 4.10. The van der Waals surface area contributed by atoms with Crippen molar-refractivity contribution in [2.24, 2.45) is 0 Å². The summed E-state index contributed by atoms with van der Waals surface area (Å²) in [4.78, 5) is 27.2. The van der Waals surface area contributed by atoms with E-state index in [9.17, 15) is 14.0 Å². The highest BCUT2D eigenvalue weighted by molar-refractivity contribution is 5.97. The molecular weight excluding hydrogens is 439 g/mol. The van der Waals surface area contributed by atoms with Gasteiger partial charge in [-0.15, -0.1) is 0 Å². The van der Waals surface area contributed by atoms with Crippen molar-refractivity contribution in [3.63, 3.8) is 0 Å². The van der Waals surface area contributed by atoms with Gasteiger partial charge in [0.15, 0.2) is 18.1 Å². The smallest absolute Gasteiger partial charge is 0.262 e. The number of carbonyl (C=O) groups is 2. The minimum atomic E-state index is -0.325. The molecule has 0 saturated carbocycles. The van der Waals surface area contributed by atoms with Crippen molar-refractivity contribution in [3.05, 3.63) is 83.2 Å². The molecule has 0 bridgehead atoms. The number of fused-ring (bicyclic) bond motifs is 2. The van der Waals surface area contributed by atoms with Crippen LogP contribution in [0.25, 0.3) is 0 Å². The summed E-state index contributed by atoms with van der Waals surface area (Å²) in [5, 5.41) is 2.79. The molecule has 7 nitrogen and oxygen atoms in total. The van der Waals surface area contributed by atoms with Gasteiger partial charge >= 0.3 is 0 Å². The van der Waals surface area contributed by atoms with Gasteiger partial charge in [-0.2, -0.15) is 0 Å². The normalized spacial score (nSPS) is 14.4. The van der Waals surface area contributed by atoms with E-state index in [-0.39, 0.29) is 24.2 Å². The van der Waals surface area contributed by atoms with Crippen molar-refractivity contribution in [2.75, 3.05) is 31.7 Å². The number of anilines is 1. The fraction of sp³-hybridized carbons (Fsp3) is 0.231. The van der Waals surface area contributed by atoms with Crippen LogP contribution in [0.3, 0.4) is 0 Å². The Kier molecular flexibility index (Phi) is 6.03. The van der Waals surface area contributed by atoms with Crippen molar-refractivity contribution in [2.45, 2.75) is 13.0 Å². The molecule has 2 aliphatic heterocycles. The molecule has 0 aliphatic carbocycles. The first-order valence-electron chi connectivity index (χ1n) is 11.0. The second-order valence-electron chi connectivity index (χ2n) is 8.08. The number of halogens is 1. The van der Waals surface area contributed by atoms with Gasteiger partial charge in [-0.05, 0) is 48.4 Å². The van der Waals surface area contributed by atoms with Crippen molar-refractivity contribution in [1.82, 2.24) is 4.90 Å². The maximum absolute atomic E-state index is 13.2. The van der Waals surface area contributed by atoms with Gasteiger partial charge in [0.2, 0.25) is 0 Å². The third-order valence-electron chi connectivity index (χ3n) is 5.75. The zero-order valence-corrected chi connectivity index (χ0v) is 18.4. The van der Waals surface area contributed by atoms with E-state index in [0.717, 1.165) is 11.1 Å². The maximum Gasteiger partial charge on any atom is 0.262 e. The number of hydrogen-bond donors (Lipinski definition) is 1. The van der Waals surface area contributed by atoms with Gasteiger partial charge in [-0.25, -0.2) is 4.39 Å². The molecule has 0 saturated heterocycles. The highest BCUT2D eigenvalue weighted by Crippen LogP contribution is 2.33. The largest absolute Gasteiger partial charge is 0.486 e. The number of nitrogens with zero attached hydrogens (tertiary/aromatic N) is 1. The second kappa shape index (κ2) is 9.43.